The fourth-order valence-corrected chi connectivity index (χ4v) is 3.26. The Balaban J connectivity index is 1.74. The average Bonchev–Trinajstić information content (AvgIpc) is 3.03. The maximum atomic E-state index is 12.4. The van der Waals surface area contributed by atoms with Gasteiger partial charge in [-0.15, -0.1) is 5.10 Å². The number of hydrogen-bond donors (Lipinski definition) is 1. The van der Waals surface area contributed by atoms with Gasteiger partial charge in [0.2, 0.25) is 0 Å². The minimum absolute atomic E-state index is 0.0634. The number of benzene rings is 1. The third kappa shape index (κ3) is 2.97. The molecule has 0 unspecified atom stereocenters. The summed E-state index contributed by atoms with van der Waals surface area (Å²) < 4.78 is 9.49. The van der Waals surface area contributed by atoms with E-state index < -0.39 is 0 Å². The van der Waals surface area contributed by atoms with E-state index in [0.29, 0.717) is 11.3 Å². The largest absolute Gasteiger partial charge is 0.493 e. The standard InChI is InChI=1S/C16H19N3O2S/c1-3-13-15(22-19-18-13)16(20)17-10(2)11-6-7-14-12(9-11)5-4-8-21-14/h6-7,9-10H,3-5,8H2,1-2H3,(H,17,20)/t10-/m1/s1. The van der Waals surface area contributed by atoms with Gasteiger partial charge in [0.25, 0.3) is 5.91 Å². The lowest BCUT2D eigenvalue weighted by Gasteiger charge is -2.20. The number of ether oxygens (including phenoxy) is 1. The van der Waals surface area contributed by atoms with Crippen molar-refractivity contribution in [2.24, 2.45) is 0 Å². The molecule has 2 heterocycles. The number of aromatic nitrogens is 2. The first-order valence-corrected chi connectivity index (χ1v) is 8.34. The summed E-state index contributed by atoms with van der Waals surface area (Å²) in [5, 5.41) is 7.02. The molecule has 1 aromatic carbocycles. The normalized spacial score (nSPS) is 14.8. The second-order valence-electron chi connectivity index (χ2n) is 5.42. The molecule has 5 nitrogen and oxygen atoms in total. The van der Waals surface area contributed by atoms with Crippen LogP contribution in [-0.2, 0) is 12.8 Å². The van der Waals surface area contributed by atoms with Crippen LogP contribution in [0.3, 0.4) is 0 Å². The van der Waals surface area contributed by atoms with Crippen LogP contribution in [0.1, 0.15) is 52.8 Å². The van der Waals surface area contributed by atoms with E-state index in [4.69, 9.17) is 4.74 Å². The number of rotatable bonds is 4. The van der Waals surface area contributed by atoms with Gasteiger partial charge in [-0.1, -0.05) is 23.5 Å². The fourth-order valence-electron chi connectivity index (χ4n) is 2.61. The van der Waals surface area contributed by atoms with E-state index in [9.17, 15) is 4.79 Å². The maximum Gasteiger partial charge on any atom is 0.265 e. The highest BCUT2D eigenvalue weighted by Gasteiger charge is 2.19. The number of fused-ring (bicyclic) bond motifs is 1. The molecule has 116 valence electrons. The van der Waals surface area contributed by atoms with Crippen LogP contribution in [0.2, 0.25) is 0 Å². The van der Waals surface area contributed by atoms with E-state index in [-0.39, 0.29) is 11.9 Å². The molecule has 0 saturated heterocycles. The molecule has 1 atom stereocenters. The lowest BCUT2D eigenvalue weighted by atomic mass is 10.00. The van der Waals surface area contributed by atoms with Crippen molar-refractivity contribution >= 4 is 17.4 Å². The molecule has 2 aromatic rings. The van der Waals surface area contributed by atoms with Crippen molar-refractivity contribution in [3.63, 3.8) is 0 Å². The number of amides is 1. The van der Waals surface area contributed by atoms with E-state index in [0.717, 1.165) is 48.0 Å². The molecule has 3 rings (SSSR count). The number of hydrogen-bond acceptors (Lipinski definition) is 5. The van der Waals surface area contributed by atoms with Crippen LogP contribution < -0.4 is 10.1 Å². The van der Waals surface area contributed by atoms with Crippen molar-refractivity contribution < 1.29 is 9.53 Å². The monoisotopic (exact) mass is 317 g/mol. The summed E-state index contributed by atoms with van der Waals surface area (Å²) in [6, 6.07) is 6.08. The Kier molecular flexibility index (Phi) is 4.38. The zero-order chi connectivity index (χ0) is 15.5. The van der Waals surface area contributed by atoms with Gasteiger partial charge in [0.05, 0.1) is 18.3 Å². The molecule has 6 heteroatoms. The number of nitrogens with one attached hydrogen (secondary N) is 1. The maximum absolute atomic E-state index is 12.4. The van der Waals surface area contributed by atoms with Gasteiger partial charge >= 0.3 is 0 Å². The van der Waals surface area contributed by atoms with Gasteiger partial charge in [-0.05, 0) is 54.9 Å². The molecule has 1 aliphatic rings. The summed E-state index contributed by atoms with van der Waals surface area (Å²) in [5.74, 6) is 0.863. The van der Waals surface area contributed by atoms with Crippen LogP contribution in [0.4, 0.5) is 0 Å². The summed E-state index contributed by atoms with van der Waals surface area (Å²) in [6.07, 6.45) is 2.79. The van der Waals surface area contributed by atoms with Crippen LogP contribution in [0.15, 0.2) is 18.2 Å². The van der Waals surface area contributed by atoms with Gasteiger partial charge in [-0.3, -0.25) is 4.79 Å². The highest BCUT2D eigenvalue weighted by molar-refractivity contribution is 7.08. The van der Waals surface area contributed by atoms with Crippen molar-refractivity contribution in [3.8, 4) is 5.75 Å². The zero-order valence-corrected chi connectivity index (χ0v) is 13.6. The summed E-state index contributed by atoms with van der Waals surface area (Å²) >= 11 is 1.15. The molecule has 0 radical (unpaired) electrons. The fraction of sp³-hybridized carbons (Fsp3) is 0.438. The van der Waals surface area contributed by atoms with Crippen LogP contribution in [0, 0.1) is 0 Å². The molecule has 0 aliphatic carbocycles. The van der Waals surface area contributed by atoms with Gasteiger partial charge < -0.3 is 10.1 Å². The molecular formula is C16H19N3O2S. The van der Waals surface area contributed by atoms with Crippen molar-refractivity contribution in [1.82, 2.24) is 14.9 Å². The highest BCUT2D eigenvalue weighted by Crippen LogP contribution is 2.28. The molecule has 22 heavy (non-hydrogen) atoms. The van der Waals surface area contributed by atoms with Crippen LogP contribution >= 0.6 is 11.5 Å². The lowest BCUT2D eigenvalue weighted by molar-refractivity contribution is 0.0943. The molecule has 1 aliphatic heterocycles. The first-order valence-electron chi connectivity index (χ1n) is 7.56. The van der Waals surface area contributed by atoms with Crippen molar-refractivity contribution in [2.45, 2.75) is 39.2 Å². The quantitative estimate of drug-likeness (QED) is 0.941. The Morgan fingerprint density at radius 1 is 1.50 bits per heavy atom. The highest BCUT2D eigenvalue weighted by atomic mass is 32.1. The number of aryl methyl sites for hydroxylation is 2. The predicted octanol–water partition coefficient (Wildman–Crippen LogP) is 2.92. The summed E-state index contributed by atoms with van der Waals surface area (Å²) in [4.78, 5) is 13.0. The Labute approximate surface area is 133 Å². The molecule has 0 spiro atoms. The Morgan fingerprint density at radius 2 is 2.36 bits per heavy atom. The minimum atomic E-state index is -0.103. The van der Waals surface area contributed by atoms with E-state index in [1.807, 2.05) is 26.0 Å². The molecule has 0 bridgehead atoms. The van der Waals surface area contributed by atoms with Crippen LogP contribution in [0.5, 0.6) is 5.75 Å². The van der Waals surface area contributed by atoms with Gasteiger partial charge in [0.1, 0.15) is 10.6 Å². The smallest absolute Gasteiger partial charge is 0.265 e. The Bertz CT molecular complexity index is 684. The van der Waals surface area contributed by atoms with E-state index in [1.165, 1.54) is 5.56 Å². The topological polar surface area (TPSA) is 64.1 Å². The van der Waals surface area contributed by atoms with Gasteiger partial charge in [0, 0.05) is 0 Å². The molecule has 1 amide bonds. The lowest BCUT2D eigenvalue weighted by Crippen LogP contribution is -2.27. The minimum Gasteiger partial charge on any atom is -0.493 e. The van der Waals surface area contributed by atoms with Crippen LogP contribution in [0.25, 0.3) is 0 Å². The molecular weight excluding hydrogens is 298 g/mol. The summed E-state index contributed by atoms with van der Waals surface area (Å²) in [7, 11) is 0. The van der Waals surface area contributed by atoms with Crippen molar-refractivity contribution in [3.05, 3.63) is 39.9 Å². The first-order chi connectivity index (χ1) is 10.7. The van der Waals surface area contributed by atoms with E-state index >= 15 is 0 Å². The van der Waals surface area contributed by atoms with Gasteiger partial charge in [-0.25, -0.2) is 0 Å². The third-order valence-electron chi connectivity index (χ3n) is 3.88. The first kappa shape index (κ1) is 15.0. The Hall–Kier alpha value is -1.95. The summed E-state index contributed by atoms with van der Waals surface area (Å²) in [6.45, 7) is 4.75. The zero-order valence-electron chi connectivity index (χ0n) is 12.8. The van der Waals surface area contributed by atoms with Crippen molar-refractivity contribution in [2.75, 3.05) is 6.61 Å². The number of carbonyl (C=O) groups excluding carboxylic acids is 1. The van der Waals surface area contributed by atoms with E-state index in [1.54, 1.807) is 0 Å². The molecule has 0 saturated carbocycles. The Morgan fingerprint density at radius 3 is 3.18 bits per heavy atom. The van der Waals surface area contributed by atoms with Crippen LogP contribution in [-0.4, -0.2) is 22.1 Å². The number of carbonyl (C=O) groups is 1. The van der Waals surface area contributed by atoms with E-state index in [2.05, 4.69) is 21.0 Å². The number of nitrogens with zero attached hydrogens (tertiary/aromatic N) is 2. The second kappa shape index (κ2) is 6.44. The summed E-state index contributed by atoms with van der Waals surface area (Å²) in [5.41, 5.74) is 3.07. The van der Waals surface area contributed by atoms with Gasteiger partial charge in [-0.2, -0.15) is 0 Å². The SMILES string of the molecule is CCc1nnsc1C(=O)N[C@H](C)c1ccc2c(c1)CCCO2. The average molecular weight is 317 g/mol. The van der Waals surface area contributed by atoms with Crippen molar-refractivity contribution in [1.29, 1.82) is 0 Å². The molecule has 1 aromatic heterocycles. The van der Waals surface area contributed by atoms with Gasteiger partial charge in [0.15, 0.2) is 0 Å². The molecule has 0 fully saturated rings. The molecule has 1 N–H and O–H groups in total. The predicted molar refractivity (Wildman–Crippen MR) is 85.4 cm³/mol. The third-order valence-corrected chi connectivity index (χ3v) is 4.64. The second-order valence-corrected chi connectivity index (χ2v) is 6.17.